The van der Waals surface area contributed by atoms with Crippen molar-refractivity contribution in [3.63, 3.8) is 0 Å². The Morgan fingerprint density at radius 3 is 2.71 bits per heavy atom. The monoisotopic (exact) mass is 261 g/mol. The molecule has 0 aliphatic carbocycles. The first-order chi connectivity index (χ1) is 7.88. The number of pyridine rings is 1. The number of halogens is 1. The molecule has 0 saturated heterocycles. The number of nitrogens with zero attached hydrogens (tertiary/aromatic N) is 2. The zero-order chi connectivity index (χ0) is 13.2. The molecule has 17 heavy (non-hydrogen) atoms. The predicted molar refractivity (Wildman–Crippen MR) is 60.7 cm³/mol. The Hall–Kier alpha value is -1.28. The quantitative estimate of drug-likeness (QED) is 0.407. The summed E-state index contributed by atoms with van der Waals surface area (Å²) in [6.45, 7) is 1.23. The first-order valence-corrected chi connectivity index (χ1v) is 5.14. The van der Waals surface area contributed by atoms with Crippen molar-refractivity contribution in [2.75, 3.05) is 6.54 Å². The Kier molecular flexibility index (Phi) is 4.35. The van der Waals surface area contributed by atoms with E-state index >= 15 is 0 Å². The third-order valence-corrected chi connectivity index (χ3v) is 2.59. The van der Waals surface area contributed by atoms with Gasteiger partial charge in [0.1, 0.15) is 17.0 Å². The Morgan fingerprint density at radius 2 is 2.24 bits per heavy atom. The van der Waals surface area contributed by atoms with Gasteiger partial charge in [-0.05, 0) is 6.92 Å². The summed E-state index contributed by atoms with van der Waals surface area (Å²) in [5.74, 6) is 0. The van der Waals surface area contributed by atoms with E-state index in [-0.39, 0.29) is 28.6 Å². The lowest BCUT2D eigenvalue weighted by Crippen LogP contribution is -2.27. The average Bonchev–Trinajstić information content (AvgIpc) is 2.26. The minimum absolute atomic E-state index is 0.0121. The summed E-state index contributed by atoms with van der Waals surface area (Å²) in [5, 5.41) is 29.7. The van der Waals surface area contributed by atoms with Crippen molar-refractivity contribution in [1.82, 2.24) is 4.98 Å². The molecule has 0 aliphatic heterocycles. The van der Waals surface area contributed by atoms with Gasteiger partial charge >= 0.3 is 0 Å². The summed E-state index contributed by atoms with van der Waals surface area (Å²) in [6.07, 6.45) is -2.66. The van der Waals surface area contributed by atoms with Crippen LogP contribution in [0.4, 0.5) is 5.69 Å². The van der Waals surface area contributed by atoms with Crippen LogP contribution < -0.4 is 5.73 Å². The van der Waals surface area contributed by atoms with Crippen LogP contribution in [0.2, 0.25) is 5.15 Å². The fourth-order valence-electron chi connectivity index (χ4n) is 1.31. The highest BCUT2D eigenvalue weighted by atomic mass is 35.5. The molecule has 0 spiro atoms. The number of nitro groups is 1. The molecule has 8 heteroatoms. The van der Waals surface area contributed by atoms with Crippen LogP contribution in [0, 0.1) is 17.0 Å². The summed E-state index contributed by atoms with van der Waals surface area (Å²) < 4.78 is 0. The number of hydrogen-bond acceptors (Lipinski definition) is 6. The minimum Gasteiger partial charge on any atom is -0.389 e. The van der Waals surface area contributed by atoms with Gasteiger partial charge in [0, 0.05) is 18.2 Å². The number of aryl methyl sites for hydroxylation is 1. The fraction of sp³-hybridized carbons (Fsp3) is 0.444. The van der Waals surface area contributed by atoms with Crippen molar-refractivity contribution in [2.45, 2.75) is 19.1 Å². The maximum Gasteiger partial charge on any atom is 0.290 e. The fourth-order valence-corrected chi connectivity index (χ4v) is 1.60. The van der Waals surface area contributed by atoms with Gasteiger partial charge in [-0.15, -0.1) is 0 Å². The van der Waals surface area contributed by atoms with Crippen molar-refractivity contribution in [1.29, 1.82) is 0 Å². The molecule has 0 saturated carbocycles. The van der Waals surface area contributed by atoms with E-state index in [9.17, 15) is 20.3 Å². The molecule has 0 radical (unpaired) electrons. The van der Waals surface area contributed by atoms with E-state index in [0.29, 0.717) is 0 Å². The lowest BCUT2D eigenvalue weighted by Gasteiger charge is -2.17. The van der Waals surface area contributed by atoms with Crippen LogP contribution in [-0.2, 0) is 0 Å². The molecule has 4 N–H and O–H groups in total. The maximum absolute atomic E-state index is 10.7. The summed E-state index contributed by atoms with van der Waals surface area (Å²) in [6, 6.07) is 1.09. The standard InChI is InChI=1S/C9H12ClN3O4/c1-4-6(13(16)17)2-5(9(10)12-4)8(15)7(14)3-11/h2,7-8,14-15H,3,11H2,1H3. The number of rotatable bonds is 4. The highest BCUT2D eigenvalue weighted by molar-refractivity contribution is 6.30. The van der Waals surface area contributed by atoms with Crippen LogP contribution in [0.1, 0.15) is 17.4 Å². The van der Waals surface area contributed by atoms with Crippen molar-refractivity contribution in [2.24, 2.45) is 5.73 Å². The molecule has 1 heterocycles. The van der Waals surface area contributed by atoms with E-state index in [4.69, 9.17) is 17.3 Å². The van der Waals surface area contributed by atoms with Gasteiger partial charge in [0.15, 0.2) is 0 Å². The normalized spacial score (nSPS) is 14.4. The molecule has 94 valence electrons. The van der Waals surface area contributed by atoms with Crippen molar-refractivity contribution in [3.8, 4) is 0 Å². The minimum atomic E-state index is -1.40. The Labute approximate surface area is 102 Å². The van der Waals surface area contributed by atoms with E-state index in [0.717, 1.165) is 6.07 Å². The number of aliphatic hydroxyl groups is 2. The number of nitrogens with two attached hydrogens (primary N) is 1. The average molecular weight is 262 g/mol. The molecule has 0 amide bonds. The van der Waals surface area contributed by atoms with Gasteiger partial charge in [-0.1, -0.05) is 11.6 Å². The van der Waals surface area contributed by atoms with Crippen LogP contribution in [0.5, 0.6) is 0 Å². The van der Waals surface area contributed by atoms with Gasteiger partial charge < -0.3 is 15.9 Å². The maximum atomic E-state index is 10.7. The van der Waals surface area contributed by atoms with E-state index in [1.165, 1.54) is 6.92 Å². The van der Waals surface area contributed by atoms with E-state index in [1.54, 1.807) is 0 Å². The second-order valence-corrected chi connectivity index (χ2v) is 3.84. The molecule has 0 aliphatic rings. The zero-order valence-corrected chi connectivity index (χ0v) is 9.76. The summed E-state index contributed by atoms with van der Waals surface area (Å²) >= 11 is 5.76. The molecule has 1 rings (SSSR count). The van der Waals surface area contributed by atoms with Crippen molar-refractivity contribution in [3.05, 3.63) is 32.6 Å². The predicted octanol–water partition coefficient (Wildman–Crippen LogP) is 0.305. The molecular formula is C9H12ClN3O4. The lowest BCUT2D eigenvalue weighted by molar-refractivity contribution is -0.385. The number of hydrogen-bond donors (Lipinski definition) is 3. The topological polar surface area (TPSA) is 123 Å². The molecule has 1 aromatic heterocycles. The SMILES string of the molecule is Cc1nc(Cl)c(C(O)C(O)CN)cc1[N+](=O)[O-]. The van der Waals surface area contributed by atoms with Gasteiger partial charge in [0.2, 0.25) is 0 Å². The molecular weight excluding hydrogens is 250 g/mol. The van der Waals surface area contributed by atoms with Crippen LogP contribution in [0.3, 0.4) is 0 Å². The highest BCUT2D eigenvalue weighted by Gasteiger charge is 2.24. The highest BCUT2D eigenvalue weighted by Crippen LogP contribution is 2.29. The summed E-state index contributed by atoms with van der Waals surface area (Å²) in [4.78, 5) is 13.8. The largest absolute Gasteiger partial charge is 0.389 e. The third-order valence-electron chi connectivity index (χ3n) is 2.29. The number of aromatic nitrogens is 1. The molecule has 7 nitrogen and oxygen atoms in total. The molecule has 2 atom stereocenters. The third kappa shape index (κ3) is 2.89. The van der Waals surface area contributed by atoms with E-state index < -0.39 is 17.1 Å². The molecule has 0 aromatic carbocycles. The lowest BCUT2D eigenvalue weighted by atomic mass is 10.1. The van der Waals surface area contributed by atoms with Crippen LogP contribution in [0.15, 0.2) is 6.07 Å². The van der Waals surface area contributed by atoms with E-state index in [1.807, 2.05) is 0 Å². The second-order valence-electron chi connectivity index (χ2n) is 3.48. The van der Waals surface area contributed by atoms with Gasteiger partial charge in [-0.25, -0.2) is 4.98 Å². The van der Waals surface area contributed by atoms with Crippen LogP contribution in [0.25, 0.3) is 0 Å². The van der Waals surface area contributed by atoms with Crippen molar-refractivity contribution < 1.29 is 15.1 Å². The molecule has 0 fully saturated rings. The van der Waals surface area contributed by atoms with E-state index in [2.05, 4.69) is 4.98 Å². The smallest absolute Gasteiger partial charge is 0.290 e. The summed E-state index contributed by atoms with van der Waals surface area (Å²) in [7, 11) is 0. The van der Waals surface area contributed by atoms with Gasteiger partial charge in [-0.2, -0.15) is 0 Å². The van der Waals surface area contributed by atoms with Gasteiger partial charge in [0.25, 0.3) is 5.69 Å². The van der Waals surface area contributed by atoms with Crippen molar-refractivity contribution >= 4 is 17.3 Å². The first kappa shape index (κ1) is 13.8. The Balaban J connectivity index is 3.24. The van der Waals surface area contributed by atoms with Crippen LogP contribution >= 0.6 is 11.6 Å². The molecule has 1 aromatic rings. The molecule has 0 bridgehead atoms. The first-order valence-electron chi connectivity index (χ1n) is 4.76. The Morgan fingerprint density at radius 1 is 1.65 bits per heavy atom. The van der Waals surface area contributed by atoms with Gasteiger partial charge in [-0.3, -0.25) is 10.1 Å². The van der Waals surface area contributed by atoms with Crippen LogP contribution in [-0.4, -0.2) is 32.8 Å². The van der Waals surface area contributed by atoms with Gasteiger partial charge in [0.05, 0.1) is 11.0 Å². The second kappa shape index (κ2) is 5.37. The summed E-state index contributed by atoms with van der Waals surface area (Å²) in [5.41, 5.74) is 5.04. The molecule has 2 unspecified atom stereocenters. The Bertz CT molecular complexity index is 440. The zero-order valence-electron chi connectivity index (χ0n) is 9.00. The number of aliphatic hydroxyl groups excluding tert-OH is 2.